The number of methoxy groups -OCH3 is 2. The van der Waals surface area contributed by atoms with Crippen LogP contribution in [0.15, 0.2) is 42.6 Å². The number of ether oxygens (including phenoxy) is 2. The zero-order valence-electron chi connectivity index (χ0n) is 16.9. The second-order valence-corrected chi connectivity index (χ2v) is 7.39. The Hall–Kier alpha value is -3.09. The minimum atomic E-state index is 0.172. The van der Waals surface area contributed by atoms with Crippen molar-refractivity contribution in [3.8, 4) is 11.5 Å². The molecule has 152 valence electrons. The van der Waals surface area contributed by atoms with Crippen LogP contribution in [0.25, 0.3) is 5.65 Å². The molecule has 3 aromatic rings. The van der Waals surface area contributed by atoms with E-state index in [0.29, 0.717) is 19.4 Å². The number of aryl methyl sites for hydroxylation is 1. The Bertz CT molecular complexity index is 978. The van der Waals surface area contributed by atoms with Crippen molar-refractivity contribution in [1.29, 1.82) is 0 Å². The number of likely N-dealkylation sites (tertiary alicyclic amines) is 1. The number of carbonyl (C=O) groups is 1. The van der Waals surface area contributed by atoms with Crippen LogP contribution < -0.4 is 9.47 Å². The number of benzene rings is 1. The molecule has 1 saturated heterocycles. The minimum Gasteiger partial charge on any atom is -0.497 e. The first-order chi connectivity index (χ1) is 14.2. The first kappa shape index (κ1) is 19.2. The Morgan fingerprint density at radius 2 is 1.93 bits per heavy atom. The monoisotopic (exact) mass is 394 g/mol. The number of amides is 1. The highest BCUT2D eigenvalue weighted by molar-refractivity contribution is 5.76. The largest absolute Gasteiger partial charge is 0.497 e. The quantitative estimate of drug-likeness (QED) is 0.643. The number of aromatic nitrogens is 3. The van der Waals surface area contributed by atoms with Crippen molar-refractivity contribution >= 4 is 11.6 Å². The predicted molar refractivity (Wildman–Crippen MR) is 109 cm³/mol. The maximum absolute atomic E-state index is 12.9. The summed E-state index contributed by atoms with van der Waals surface area (Å²) >= 11 is 0. The highest BCUT2D eigenvalue weighted by Crippen LogP contribution is 2.27. The van der Waals surface area contributed by atoms with Gasteiger partial charge < -0.3 is 14.4 Å². The molecule has 0 aliphatic carbocycles. The van der Waals surface area contributed by atoms with Gasteiger partial charge in [-0.3, -0.25) is 9.20 Å². The van der Waals surface area contributed by atoms with Gasteiger partial charge in [0.15, 0.2) is 5.65 Å². The Balaban J connectivity index is 1.41. The van der Waals surface area contributed by atoms with Crippen molar-refractivity contribution < 1.29 is 14.3 Å². The molecule has 0 saturated carbocycles. The van der Waals surface area contributed by atoms with Gasteiger partial charge in [0.05, 0.1) is 14.2 Å². The Morgan fingerprint density at radius 3 is 2.69 bits per heavy atom. The molecular weight excluding hydrogens is 368 g/mol. The maximum atomic E-state index is 12.9. The summed E-state index contributed by atoms with van der Waals surface area (Å²) in [6.45, 7) is 1.49. The Labute approximate surface area is 170 Å². The molecule has 29 heavy (non-hydrogen) atoms. The first-order valence-corrected chi connectivity index (χ1v) is 9.97. The number of hydrogen-bond donors (Lipinski definition) is 0. The smallest absolute Gasteiger partial charge is 0.222 e. The molecule has 1 atom stereocenters. The molecule has 7 heteroatoms. The molecule has 1 aliphatic heterocycles. The van der Waals surface area contributed by atoms with E-state index < -0.39 is 0 Å². The molecule has 1 fully saturated rings. The SMILES string of the molecule is COc1cc(CCC(=O)N2CCC[C@H](c3nnc4ccccn34)C2)cc(OC)c1. The summed E-state index contributed by atoms with van der Waals surface area (Å²) in [5.74, 6) is 2.80. The van der Waals surface area contributed by atoms with Crippen LogP contribution in [0.4, 0.5) is 0 Å². The number of hydrogen-bond acceptors (Lipinski definition) is 5. The highest BCUT2D eigenvalue weighted by atomic mass is 16.5. The third-order valence-corrected chi connectivity index (χ3v) is 5.52. The lowest BCUT2D eigenvalue weighted by Crippen LogP contribution is -2.39. The molecule has 7 nitrogen and oxygen atoms in total. The van der Waals surface area contributed by atoms with E-state index in [1.807, 2.05) is 51.9 Å². The molecule has 0 bridgehead atoms. The van der Waals surface area contributed by atoms with Gasteiger partial charge in [-0.15, -0.1) is 10.2 Å². The maximum Gasteiger partial charge on any atom is 0.222 e. The van der Waals surface area contributed by atoms with Crippen LogP contribution in [-0.4, -0.2) is 52.7 Å². The summed E-state index contributed by atoms with van der Waals surface area (Å²) in [6, 6.07) is 11.6. The second-order valence-electron chi connectivity index (χ2n) is 7.39. The molecule has 3 heterocycles. The van der Waals surface area contributed by atoms with Crippen LogP contribution >= 0.6 is 0 Å². The third kappa shape index (κ3) is 4.18. The lowest BCUT2D eigenvalue weighted by molar-refractivity contribution is -0.132. The molecule has 4 rings (SSSR count). The highest BCUT2D eigenvalue weighted by Gasteiger charge is 2.27. The Morgan fingerprint density at radius 1 is 1.14 bits per heavy atom. The summed E-state index contributed by atoms with van der Waals surface area (Å²) in [5.41, 5.74) is 1.88. The predicted octanol–water partition coefficient (Wildman–Crippen LogP) is 3.09. The van der Waals surface area contributed by atoms with Crippen LogP contribution in [0.3, 0.4) is 0 Å². The molecular formula is C22H26N4O3. The van der Waals surface area contributed by atoms with Crippen LogP contribution in [0.5, 0.6) is 11.5 Å². The number of carbonyl (C=O) groups excluding carboxylic acids is 1. The van der Waals surface area contributed by atoms with Gasteiger partial charge in [-0.05, 0) is 49.1 Å². The second kappa shape index (κ2) is 8.51. The van der Waals surface area contributed by atoms with Gasteiger partial charge in [-0.25, -0.2) is 0 Å². The topological polar surface area (TPSA) is 69.0 Å². The van der Waals surface area contributed by atoms with Crippen molar-refractivity contribution in [2.75, 3.05) is 27.3 Å². The van der Waals surface area contributed by atoms with E-state index in [-0.39, 0.29) is 11.8 Å². The lowest BCUT2D eigenvalue weighted by Gasteiger charge is -2.32. The summed E-state index contributed by atoms with van der Waals surface area (Å²) < 4.78 is 12.7. The van der Waals surface area contributed by atoms with Gasteiger partial charge in [0.2, 0.25) is 5.91 Å². The zero-order chi connectivity index (χ0) is 20.2. The minimum absolute atomic E-state index is 0.172. The fourth-order valence-corrected chi connectivity index (χ4v) is 3.97. The lowest BCUT2D eigenvalue weighted by atomic mass is 9.96. The van der Waals surface area contributed by atoms with Crippen molar-refractivity contribution in [2.24, 2.45) is 0 Å². The van der Waals surface area contributed by atoms with Crippen molar-refractivity contribution in [3.05, 3.63) is 54.0 Å². The number of fused-ring (bicyclic) bond motifs is 1. The van der Waals surface area contributed by atoms with Crippen LogP contribution in [0.2, 0.25) is 0 Å². The fourth-order valence-electron chi connectivity index (χ4n) is 3.97. The van der Waals surface area contributed by atoms with Crippen LogP contribution in [-0.2, 0) is 11.2 Å². The van der Waals surface area contributed by atoms with E-state index in [1.165, 1.54) is 0 Å². The average Bonchev–Trinajstić information content (AvgIpc) is 3.21. The molecule has 1 aliphatic rings. The summed E-state index contributed by atoms with van der Waals surface area (Å²) in [6.07, 6.45) is 5.10. The zero-order valence-corrected chi connectivity index (χ0v) is 16.9. The van der Waals surface area contributed by atoms with Gasteiger partial charge in [0, 0.05) is 37.7 Å². The van der Waals surface area contributed by atoms with E-state index in [0.717, 1.165) is 47.9 Å². The summed E-state index contributed by atoms with van der Waals surface area (Å²) in [5, 5.41) is 8.65. The molecule has 1 amide bonds. The number of piperidine rings is 1. The van der Waals surface area contributed by atoms with Crippen LogP contribution in [0.1, 0.15) is 36.6 Å². The molecule has 0 N–H and O–H groups in total. The third-order valence-electron chi connectivity index (χ3n) is 5.52. The van der Waals surface area contributed by atoms with Crippen LogP contribution in [0, 0.1) is 0 Å². The van der Waals surface area contributed by atoms with Crippen molar-refractivity contribution in [3.63, 3.8) is 0 Å². The fraction of sp³-hybridized carbons (Fsp3) is 0.409. The normalized spacial score (nSPS) is 16.8. The molecule has 0 spiro atoms. The van der Waals surface area contributed by atoms with E-state index in [4.69, 9.17) is 9.47 Å². The van der Waals surface area contributed by atoms with E-state index in [1.54, 1.807) is 14.2 Å². The van der Waals surface area contributed by atoms with E-state index in [2.05, 4.69) is 10.2 Å². The average molecular weight is 394 g/mol. The van der Waals surface area contributed by atoms with Gasteiger partial charge in [-0.2, -0.15) is 0 Å². The van der Waals surface area contributed by atoms with Gasteiger partial charge >= 0.3 is 0 Å². The van der Waals surface area contributed by atoms with E-state index >= 15 is 0 Å². The van der Waals surface area contributed by atoms with Crippen molar-refractivity contribution in [1.82, 2.24) is 19.5 Å². The van der Waals surface area contributed by atoms with Crippen molar-refractivity contribution in [2.45, 2.75) is 31.6 Å². The number of nitrogens with zero attached hydrogens (tertiary/aromatic N) is 4. The van der Waals surface area contributed by atoms with Gasteiger partial charge in [0.25, 0.3) is 0 Å². The molecule has 1 aromatic carbocycles. The molecule has 2 aromatic heterocycles. The first-order valence-electron chi connectivity index (χ1n) is 9.97. The Kier molecular flexibility index (Phi) is 5.64. The molecule has 0 unspecified atom stereocenters. The number of pyridine rings is 1. The molecule has 0 radical (unpaired) electrons. The summed E-state index contributed by atoms with van der Waals surface area (Å²) in [4.78, 5) is 14.8. The standard InChI is InChI=1S/C22H26N4O3/c1-28-18-12-16(13-19(14-18)29-2)8-9-21(27)25-10-5-6-17(15-25)22-24-23-20-7-3-4-11-26(20)22/h3-4,7,11-14,17H,5-6,8-10,15H2,1-2H3/t17-/m0/s1. The van der Waals surface area contributed by atoms with Gasteiger partial charge in [-0.1, -0.05) is 6.07 Å². The van der Waals surface area contributed by atoms with Gasteiger partial charge in [0.1, 0.15) is 17.3 Å². The van der Waals surface area contributed by atoms with E-state index in [9.17, 15) is 4.79 Å². The summed E-state index contributed by atoms with van der Waals surface area (Å²) in [7, 11) is 3.26. The number of rotatable bonds is 6.